The molecular formula is C16H26N2O6Si. The zero-order valence-corrected chi connectivity index (χ0v) is 16.5. The number of ether oxygens (including phenoxy) is 1. The maximum absolute atomic E-state index is 12.1. The largest absolute Gasteiger partial charge is 0.479 e. The number of aromatic nitrogens is 2. The minimum absolute atomic E-state index is 0.0838. The van der Waals surface area contributed by atoms with E-state index >= 15 is 0 Å². The molecule has 0 aromatic carbocycles. The fourth-order valence-electron chi connectivity index (χ4n) is 2.50. The van der Waals surface area contributed by atoms with Gasteiger partial charge in [0.25, 0.3) is 5.56 Å². The third kappa shape index (κ3) is 3.93. The van der Waals surface area contributed by atoms with Crippen molar-refractivity contribution in [1.82, 2.24) is 9.55 Å². The lowest BCUT2D eigenvalue weighted by atomic mass is 10.2. The maximum Gasteiger partial charge on any atom is 0.335 e. The molecule has 9 heteroatoms. The predicted octanol–water partition coefficient (Wildman–Crippen LogP) is 1.61. The normalized spacial score (nSPS) is 24.5. The summed E-state index contributed by atoms with van der Waals surface area (Å²) in [6.45, 7) is 11.8. The number of hydrogen-bond donors (Lipinski definition) is 2. The summed E-state index contributed by atoms with van der Waals surface area (Å²) in [4.78, 5) is 37.4. The summed E-state index contributed by atoms with van der Waals surface area (Å²) >= 11 is 0. The first kappa shape index (κ1) is 19.6. The summed E-state index contributed by atoms with van der Waals surface area (Å²) in [5.41, 5.74) is -0.746. The number of carbonyl (C=O) groups is 1. The second-order valence-electron chi connectivity index (χ2n) is 7.98. The molecule has 0 bridgehead atoms. The van der Waals surface area contributed by atoms with E-state index in [0.29, 0.717) is 5.56 Å². The van der Waals surface area contributed by atoms with Crippen LogP contribution in [-0.2, 0) is 14.0 Å². The van der Waals surface area contributed by atoms with Crippen LogP contribution in [0, 0.1) is 6.92 Å². The van der Waals surface area contributed by atoms with Crippen LogP contribution in [0.5, 0.6) is 0 Å². The molecule has 0 saturated carbocycles. The summed E-state index contributed by atoms with van der Waals surface area (Å²) < 4.78 is 13.0. The van der Waals surface area contributed by atoms with Crippen molar-refractivity contribution in [2.75, 3.05) is 0 Å². The minimum Gasteiger partial charge on any atom is -0.479 e. The topological polar surface area (TPSA) is 111 Å². The average molecular weight is 370 g/mol. The van der Waals surface area contributed by atoms with Gasteiger partial charge < -0.3 is 14.3 Å². The molecule has 1 fully saturated rings. The molecule has 0 spiro atoms. The molecule has 2 rings (SSSR count). The predicted molar refractivity (Wildman–Crippen MR) is 94.3 cm³/mol. The van der Waals surface area contributed by atoms with Gasteiger partial charge in [0.05, 0.1) is 6.10 Å². The average Bonchev–Trinajstić information content (AvgIpc) is 2.84. The van der Waals surface area contributed by atoms with Crippen LogP contribution in [0.2, 0.25) is 18.1 Å². The molecule has 0 radical (unpaired) electrons. The smallest absolute Gasteiger partial charge is 0.335 e. The van der Waals surface area contributed by atoms with Crippen LogP contribution in [0.3, 0.4) is 0 Å². The minimum atomic E-state index is -2.21. The summed E-state index contributed by atoms with van der Waals surface area (Å²) in [6, 6.07) is 0. The highest BCUT2D eigenvalue weighted by Gasteiger charge is 2.47. The van der Waals surface area contributed by atoms with Gasteiger partial charge >= 0.3 is 11.7 Å². The van der Waals surface area contributed by atoms with Crippen molar-refractivity contribution in [2.24, 2.45) is 0 Å². The van der Waals surface area contributed by atoms with Gasteiger partial charge in [-0.25, -0.2) is 9.59 Å². The van der Waals surface area contributed by atoms with Crippen LogP contribution in [0.4, 0.5) is 0 Å². The van der Waals surface area contributed by atoms with Gasteiger partial charge in [-0.3, -0.25) is 14.3 Å². The zero-order chi connectivity index (χ0) is 19.2. The van der Waals surface area contributed by atoms with E-state index in [-0.39, 0.29) is 11.5 Å². The SMILES string of the molecule is Cc1cn([C@H]2C[C@H](O[Si](C)(C)C(C)(C)C)[C@@H](C(=O)O)O2)c(=O)[nH]c1=O. The molecule has 1 aliphatic heterocycles. The van der Waals surface area contributed by atoms with Gasteiger partial charge in [-0.15, -0.1) is 0 Å². The first-order valence-electron chi connectivity index (χ1n) is 8.21. The van der Waals surface area contributed by atoms with Gasteiger partial charge in [0.1, 0.15) is 6.23 Å². The quantitative estimate of drug-likeness (QED) is 0.779. The first-order chi connectivity index (χ1) is 11.3. The fraction of sp³-hybridized carbons (Fsp3) is 0.688. The van der Waals surface area contributed by atoms with Crippen molar-refractivity contribution < 1.29 is 19.1 Å². The molecular weight excluding hydrogens is 344 g/mol. The Morgan fingerprint density at radius 3 is 2.52 bits per heavy atom. The van der Waals surface area contributed by atoms with E-state index in [1.165, 1.54) is 10.8 Å². The first-order valence-corrected chi connectivity index (χ1v) is 11.1. The van der Waals surface area contributed by atoms with Crippen molar-refractivity contribution in [1.29, 1.82) is 0 Å². The van der Waals surface area contributed by atoms with Crippen molar-refractivity contribution >= 4 is 14.3 Å². The number of hydrogen-bond acceptors (Lipinski definition) is 5. The number of carboxylic acid groups (broad SMARTS) is 1. The highest BCUT2D eigenvalue weighted by atomic mass is 28.4. The zero-order valence-electron chi connectivity index (χ0n) is 15.5. The lowest BCUT2D eigenvalue weighted by Gasteiger charge is -2.38. The van der Waals surface area contributed by atoms with Gasteiger partial charge in [-0.1, -0.05) is 20.8 Å². The highest BCUT2D eigenvalue weighted by molar-refractivity contribution is 6.74. The molecule has 140 valence electrons. The maximum atomic E-state index is 12.1. The number of rotatable bonds is 4. The second-order valence-corrected chi connectivity index (χ2v) is 12.7. The summed E-state index contributed by atoms with van der Waals surface area (Å²) in [5.74, 6) is -1.12. The van der Waals surface area contributed by atoms with Crippen molar-refractivity contribution in [3.05, 3.63) is 32.6 Å². The van der Waals surface area contributed by atoms with Crippen LogP contribution in [0.15, 0.2) is 15.8 Å². The molecule has 1 aromatic rings. The Hall–Kier alpha value is -1.71. The molecule has 1 aromatic heterocycles. The van der Waals surface area contributed by atoms with Gasteiger partial charge in [-0.05, 0) is 25.1 Å². The molecule has 3 atom stereocenters. The Morgan fingerprint density at radius 2 is 2.00 bits per heavy atom. The Balaban J connectivity index is 2.32. The Morgan fingerprint density at radius 1 is 1.40 bits per heavy atom. The van der Waals surface area contributed by atoms with E-state index < -0.39 is 44.0 Å². The third-order valence-electron chi connectivity index (χ3n) is 5.03. The van der Waals surface area contributed by atoms with Crippen LogP contribution >= 0.6 is 0 Å². The van der Waals surface area contributed by atoms with Crippen LogP contribution in [0.1, 0.15) is 39.0 Å². The standard InChI is InChI=1S/C16H26N2O6Si/c1-9-8-18(15(22)17-13(9)19)11-7-10(12(23-11)14(20)21)24-25(5,6)16(2,3)4/h8,10-12H,7H2,1-6H3,(H,20,21)(H,17,19,22)/t10-,11+,12-/m0/s1. The number of aromatic amines is 1. The number of carboxylic acids is 1. The summed E-state index contributed by atoms with van der Waals surface area (Å²) in [5, 5.41) is 9.40. The van der Waals surface area contributed by atoms with Crippen LogP contribution < -0.4 is 11.2 Å². The lowest BCUT2D eigenvalue weighted by molar-refractivity contribution is -0.155. The van der Waals surface area contributed by atoms with E-state index in [9.17, 15) is 19.5 Å². The molecule has 8 nitrogen and oxygen atoms in total. The molecule has 2 N–H and O–H groups in total. The van der Waals surface area contributed by atoms with E-state index in [1.807, 2.05) is 13.1 Å². The lowest BCUT2D eigenvalue weighted by Crippen LogP contribution is -2.47. The number of aryl methyl sites for hydroxylation is 1. The Kier molecular flexibility index (Phi) is 5.13. The number of nitrogens with zero attached hydrogens (tertiary/aromatic N) is 1. The van der Waals surface area contributed by atoms with Crippen molar-refractivity contribution in [2.45, 2.75) is 70.7 Å². The number of nitrogens with one attached hydrogen (secondary N) is 1. The van der Waals surface area contributed by atoms with E-state index in [4.69, 9.17) is 9.16 Å². The summed E-state index contributed by atoms with van der Waals surface area (Å²) in [7, 11) is -2.21. The van der Waals surface area contributed by atoms with Crippen molar-refractivity contribution in [3.63, 3.8) is 0 Å². The third-order valence-corrected chi connectivity index (χ3v) is 9.53. The number of aliphatic carboxylic acids is 1. The second kappa shape index (κ2) is 6.54. The Bertz CT molecular complexity index is 776. The van der Waals surface area contributed by atoms with Crippen LogP contribution in [-0.4, -0.2) is 41.2 Å². The summed E-state index contributed by atoms with van der Waals surface area (Å²) in [6.07, 6.45) is -0.978. The fourth-order valence-corrected chi connectivity index (χ4v) is 3.83. The molecule has 0 amide bonds. The molecule has 2 heterocycles. The monoisotopic (exact) mass is 370 g/mol. The molecule has 0 unspecified atom stereocenters. The number of H-pyrrole nitrogens is 1. The van der Waals surface area contributed by atoms with Gasteiger partial charge in [-0.2, -0.15) is 0 Å². The van der Waals surface area contributed by atoms with E-state index in [2.05, 4.69) is 25.8 Å². The molecule has 1 aliphatic rings. The molecule has 25 heavy (non-hydrogen) atoms. The van der Waals surface area contributed by atoms with Gasteiger partial charge in [0.2, 0.25) is 0 Å². The van der Waals surface area contributed by atoms with Gasteiger partial charge in [0, 0.05) is 18.2 Å². The van der Waals surface area contributed by atoms with Gasteiger partial charge in [0.15, 0.2) is 14.4 Å². The van der Waals surface area contributed by atoms with Crippen LogP contribution in [0.25, 0.3) is 0 Å². The van der Waals surface area contributed by atoms with E-state index in [0.717, 1.165) is 0 Å². The Labute approximate surface area is 146 Å². The molecule has 1 saturated heterocycles. The van der Waals surface area contributed by atoms with E-state index in [1.54, 1.807) is 6.92 Å². The highest BCUT2D eigenvalue weighted by Crippen LogP contribution is 2.40. The van der Waals surface area contributed by atoms with Crippen molar-refractivity contribution in [3.8, 4) is 0 Å². The molecule has 0 aliphatic carbocycles.